The molecule has 0 saturated carbocycles. The van der Waals surface area contributed by atoms with Crippen molar-refractivity contribution in [1.82, 2.24) is 15.2 Å². The summed E-state index contributed by atoms with van der Waals surface area (Å²) in [6.07, 6.45) is 1.47. The molecule has 0 unspecified atom stereocenters. The van der Waals surface area contributed by atoms with Gasteiger partial charge in [0.2, 0.25) is 11.8 Å². The molecule has 2 rings (SSSR count). The van der Waals surface area contributed by atoms with Crippen LogP contribution in [0.1, 0.15) is 17.3 Å². The lowest BCUT2D eigenvalue weighted by Crippen LogP contribution is -2.49. The number of ether oxygens (including phenoxy) is 1. The molecule has 1 aromatic heterocycles. The standard InChI is InChI=1S/C12H15N3O3/c1-2-18-11-4-3-9(7-14-11)12(17)15-6-5-13-10(16)8-15/h3-4,7H,2,5-6,8H2,1H3,(H,13,16). The van der Waals surface area contributed by atoms with Gasteiger partial charge in [0.05, 0.1) is 18.7 Å². The van der Waals surface area contributed by atoms with E-state index in [0.717, 1.165) is 0 Å². The number of hydrogen-bond donors (Lipinski definition) is 1. The summed E-state index contributed by atoms with van der Waals surface area (Å²) in [5.41, 5.74) is 0.466. The second kappa shape index (κ2) is 5.48. The van der Waals surface area contributed by atoms with Crippen LogP contribution in [0.3, 0.4) is 0 Å². The lowest BCUT2D eigenvalue weighted by Gasteiger charge is -2.26. The minimum Gasteiger partial charge on any atom is -0.478 e. The summed E-state index contributed by atoms with van der Waals surface area (Å²) in [6, 6.07) is 3.31. The van der Waals surface area contributed by atoms with E-state index in [1.54, 1.807) is 12.1 Å². The van der Waals surface area contributed by atoms with Crippen molar-refractivity contribution in [1.29, 1.82) is 0 Å². The fourth-order valence-corrected chi connectivity index (χ4v) is 1.73. The molecule has 0 aliphatic carbocycles. The molecule has 2 amide bonds. The van der Waals surface area contributed by atoms with Gasteiger partial charge >= 0.3 is 0 Å². The Labute approximate surface area is 105 Å². The molecule has 0 radical (unpaired) electrons. The highest BCUT2D eigenvalue weighted by atomic mass is 16.5. The fraction of sp³-hybridized carbons (Fsp3) is 0.417. The molecule has 0 spiro atoms. The fourth-order valence-electron chi connectivity index (χ4n) is 1.73. The molecule has 6 nitrogen and oxygen atoms in total. The first kappa shape index (κ1) is 12.3. The molecule has 0 atom stereocenters. The van der Waals surface area contributed by atoms with E-state index in [4.69, 9.17) is 4.74 Å². The van der Waals surface area contributed by atoms with E-state index in [1.807, 2.05) is 6.92 Å². The largest absolute Gasteiger partial charge is 0.478 e. The van der Waals surface area contributed by atoms with Gasteiger partial charge in [-0.1, -0.05) is 0 Å². The first-order valence-electron chi connectivity index (χ1n) is 5.85. The van der Waals surface area contributed by atoms with E-state index >= 15 is 0 Å². The molecule has 6 heteroatoms. The molecule has 96 valence electrons. The number of carbonyl (C=O) groups excluding carboxylic acids is 2. The summed E-state index contributed by atoms with van der Waals surface area (Å²) >= 11 is 0. The zero-order valence-corrected chi connectivity index (χ0v) is 10.2. The summed E-state index contributed by atoms with van der Waals surface area (Å²) in [7, 11) is 0. The molecule has 0 bridgehead atoms. The van der Waals surface area contributed by atoms with E-state index in [9.17, 15) is 9.59 Å². The molecule has 1 aliphatic heterocycles. The Balaban J connectivity index is 2.06. The predicted molar refractivity (Wildman–Crippen MR) is 64.3 cm³/mol. The normalized spacial score (nSPS) is 15.2. The number of piperazine rings is 1. The summed E-state index contributed by atoms with van der Waals surface area (Å²) < 4.78 is 5.20. The summed E-state index contributed by atoms with van der Waals surface area (Å²) in [5, 5.41) is 2.68. The SMILES string of the molecule is CCOc1ccc(C(=O)N2CCNC(=O)C2)cn1. The number of aromatic nitrogens is 1. The van der Waals surface area contributed by atoms with Gasteiger partial charge in [-0.25, -0.2) is 4.98 Å². The van der Waals surface area contributed by atoms with Crippen molar-refractivity contribution in [3.63, 3.8) is 0 Å². The van der Waals surface area contributed by atoms with Crippen LogP contribution in [0.15, 0.2) is 18.3 Å². The zero-order chi connectivity index (χ0) is 13.0. The number of nitrogens with zero attached hydrogens (tertiary/aromatic N) is 2. The maximum Gasteiger partial charge on any atom is 0.255 e. The highest BCUT2D eigenvalue weighted by Gasteiger charge is 2.22. The maximum atomic E-state index is 12.1. The van der Waals surface area contributed by atoms with Crippen molar-refractivity contribution in [2.45, 2.75) is 6.92 Å². The lowest BCUT2D eigenvalue weighted by atomic mass is 10.2. The number of pyridine rings is 1. The average Bonchev–Trinajstić information content (AvgIpc) is 2.39. The van der Waals surface area contributed by atoms with Crippen LogP contribution < -0.4 is 10.1 Å². The van der Waals surface area contributed by atoms with Crippen molar-refractivity contribution in [3.8, 4) is 5.88 Å². The highest BCUT2D eigenvalue weighted by molar-refractivity contribution is 5.96. The van der Waals surface area contributed by atoms with Crippen LogP contribution in [-0.4, -0.2) is 47.9 Å². The summed E-state index contributed by atoms with van der Waals surface area (Å²) in [4.78, 5) is 28.8. The Morgan fingerprint density at radius 2 is 2.39 bits per heavy atom. The van der Waals surface area contributed by atoms with Gasteiger partial charge in [0.25, 0.3) is 5.91 Å². The highest BCUT2D eigenvalue weighted by Crippen LogP contribution is 2.10. The molecule has 1 aromatic rings. The van der Waals surface area contributed by atoms with E-state index in [1.165, 1.54) is 11.1 Å². The Bertz CT molecular complexity index is 444. The van der Waals surface area contributed by atoms with E-state index in [-0.39, 0.29) is 18.4 Å². The van der Waals surface area contributed by atoms with Crippen molar-refractivity contribution in [3.05, 3.63) is 23.9 Å². The summed E-state index contributed by atoms with van der Waals surface area (Å²) in [6.45, 7) is 3.53. The van der Waals surface area contributed by atoms with Gasteiger partial charge in [-0.15, -0.1) is 0 Å². The maximum absolute atomic E-state index is 12.1. The predicted octanol–water partition coefficient (Wildman–Crippen LogP) is 0.0523. The van der Waals surface area contributed by atoms with E-state index in [0.29, 0.717) is 31.1 Å². The molecular weight excluding hydrogens is 234 g/mol. The van der Waals surface area contributed by atoms with Crippen LogP contribution in [0, 0.1) is 0 Å². The van der Waals surface area contributed by atoms with Crippen molar-refractivity contribution in [2.24, 2.45) is 0 Å². The smallest absolute Gasteiger partial charge is 0.255 e. The third kappa shape index (κ3) is 2.77. The molecule has 1 fully saturated rings. The van der Waals surface area contributed by atoms with Gasteiger partial charge in [-0.05, 0) is 13.0 Å². The minimum absolute atomic E-state index is 0.103. The average molecular weight is 249 g/mol. The van der Waals surface area contributed by atoms with Crippen molar-refractivity contribution >= 4 is 11.8 Å². The van der Waals surface area contributed by atoms with Crippen LogP contribution in [0.5, 0.6) is 5.88 Å². The van der Waals surface area contributed by atoms with Crippen LogP contribution in [0.25, 0.3) is 0 Å². The number of carbonyl (C=O) groups is 2. The van der Waals surface area contributed by atoms with Gasteiger partial charge in [0.1, 0.15) is 0 Å². The second-order valence-corrected chi connectivity index (χ2v) is 3.89. The number of hydrogen-bond acceptors (Lipinski definition) is 4. The Hall–Kier alpha value is -2.11. The number of amides is 2. The molecule has 2 heterocycles. The molecule has 0 aromatic carbocycles. The van der Waals surface area contributed by atoms with Gasteiger partial charge < -0.3 is 15.0 Å². The first-order valence-corrected chi connectivity index (χ1v) is 5.85. The number of nitrogens with one attached hydrogen (secondary N) is 1. The second-order valence-electron chi connectivity index (χ2n) is 3.89. The number of rotatable bonds is 3. The Morgan fingerprint density at radius 1 is 1.56 bits per heavy atom. The lowest BCUT2D eigenvalue weighted by molar-refractivity contribution is -0.123. The monoisotopic (exact) mass is 249 g/mol. The molecule has 1 N–H and O–H groups in total. The third-order valence-electron chi connectivity index (χ3n) is 2.60. The minimum atomic E-state index is -0.180. The van der Waals surface area contributed by atoms with Crippen LogP contribution in [0.2, 0.25) is 0 Å². The third-order valence-corrected chi connectivity index (χ3v) is 2.60. The summed E-state index contributed by atoms with van der Waals surface area (Å²) in [5.74, 6) is 0.180. The first-order chi connectivity index (χ1) is 8.70. The quantitative estimate of drug-likeness (QED) is 0.821. The van der Waals surface area contributed by atoms with Crippen LogP contribution in [-0.2, 0) is 4.79 Å². The molecule has 18 heavy (non-hydrogen) atoms. The van der Waals surface area contributed by atoms with Crippen molar-refractivity contribution in [2.75, 3.05) is 26.2 Å². The molecular formula is C12H15N3O3. The topological polar surface area (TPSA) is 71.5 Å². The van der Waals surface area contributed by atoms with Gasteiger partial charge in [-0.2, -0.15) is 0 Å². The van der Waals surface area contributed by atoms with Crippen LogP contribution >= 0.6 is 0 Å². The van der Waals surface area contributed by atoms with Gasteiger partial charge in [0.15, 0.2) is 0 Å². The van der Waals surface area contributed by atoms with E-state index in [2.05, 4.69) is 10.3 Å². The Kier molecular flexibility index (Phi) is 3.76. The molecule has 1 aliphatic rings. The Morgan fingerprint density at radius 3 is 3.00 bits per heavy atom. The van der Waals surface area contributed by atoms with Gasteiger partial charge in [0, 0.05) is 25.4 Å². The van der Waals surface area contributed by atoms with Gasteiger partial charge in [-0.3, -0.25) is 9.59 Å². The van der Waals surface area contributed by atoms with Crippen LogP contribution in [0.4, 0.5) is 0 Å². The zero-order valence-electron chi connectivity index (χ0n) is 10.2. The molecule has 1 saturated heterocycles. The van der Waals surface area contributed by atoms with Crippen molar-refractivity contribution < 1.29 is 14.3 Å². The van der Waals surface area contributed by atoms with E-state index < -0.39 is 0 Å².